The summed E-state index contributed by atoms with van der Waals surface area (Å²) in [6.07, 6.45) is -10.9. The first kappa shape index (κ1) is 48.2. The molecule has 0 amide bonds. The molecule has 3 aromatic rings. The van der Waals surface area contributed by atoms with Gasteiger partial charge in [0.2, 0.25) is 0 Å². The summed E-state index contributed by atoms with van der Waals surface area (Å²) in [7, 11) is 0. The zero-order chi connectivity index (χ0) is 48.6. The highest BCUT2D eigenvalue weighted by Gasteiger charge is 2.92. The van der Waals surface area contributed by atoms with E-state index >= 15 is 0 Å². The van der Waals surface area contributed by atoms with E-state index in [1.807, 2.05) is 0 Å². The van der Waals surface area contributed by atoms with Gasteiger partial charge < -0.3 is 47.7 Å². The Hall–Kier alpha value is -6.73. The molecule has 0 radical (unpaired) electrons. The Kier molecular flexibility index (Phi) is 13.3. The fourth-order valence-electron chi connectivity index (χ4n) is 10.3. The summed E-state index contributed by atoms with van der Waals surface area (Å²) in [6.45, 7) is 6.13. The number of hydrogen-bond donors (Lipinski definition) is 1. The third-order valence-electron chi connectivity index (χ3n) is 13.0. The maximum absolute atomic E-state index is 14.6. The average Bonchev–Trinajstić information content (AvgIpc) is 3.51. The number of rotatable bonds is 9. The van der Waals surface area contributed by atoms with Gasteiger partial charge in [-0.05, 0) is 63.1 Å². The highest BCUT2D eigenvalue weighted by atomic mass is 16.7. The minimum absolute atomic E-state index is 0.0137. The van der Waals surface area contributed by atoms with Crippen LogP contribution in [0.1, 0.15) is 91.7 Å². The van der Waals surface area contributed by atoms with E-state index in [-0.39, 0.29) is 35.2 Å². The van der Waals surface area contributed by atoms with Crippen molar-refractivity contribution in [1.82, 2.24) is 4.98 Å². The van der Waals surface area contributed by atoms with Crippen molar-refractivity contribution in [1.29, 1.82) is 0 Å². The van der Waals surface area contributed by atoms with Crippen molar-refractivity contribution in [3.8, 4) is 0 Å². The van der Waals surface area contributed by atoms with E-state index in [1.165, 1.54) is 68.6 Å². The number of carbonyl (C=O) groups is 8. The van der Waals surface area contributed by atoms with Crippen molar-refractivity contribution in [2.45, 2.75) is 115 Å². The van der Waals surface area contributed by atoms with Crippen molar-refractivity contribution in [2.24, 2.45) is 17.3 Å². The molecule has 3 fully saturated rings. The molecule has 19 heteroatoms. The Morgan fingerprint density at radius 1 is 0.716 bits per heavy atom. The molecule has 3 heterocycles. The Morgan fingerprint density at radius 3 is 1.84 bits per heavy atom. The number of fused-ring (bicyclic) bond motifs is 5. The Bertz CT molecular complexity index is 2440. The normalized spacial score (nSPS) is 33.2. The number of ether oxygens (including phenoxy) is 9. The minimum atomic E-state index is -2.90. The van der Waals surface area contributed by atoms with Gasteiger partial charge in [0, 0.05) is 33.9 Å². The fourth-order valence-corrected chi connectivity index (χ4v) is 10.3. The van der Waals surface area contributed by atoms with Crippen LogP contribution in [-0.4, -0.2) is 124 Å². The summed E-state index contributed by atoms with van der Waals surface area (Å²) in [5, 5.41) is 13.9. The lowest BCUT2D eigenvalue weighted by molar-refractivity contribution is -0.385. The van der Waals surface area contributed by atoms with Crippen LogP contribution in [0, 0.1) is 17.3 Å². The Morgan fingerprint density at radius 2 is 1.27 bits per heavy atom. The van der Waals surface area contributed by atoms with Crippen molar-refractivity contribution in [3.05, 3.63) is 101 Å². The van der Waals surface area contributed by atoms with Crippen LogP contribution in [0.25, 0.3) is 0 Å². The molecule has 67 heavy (non-hydrogen) atoms. The molecule has 4 bridgehead atoms. The van der Waals surface area contributed by atoms with Gasteiger partial charge in [-0.3, -0.25) is 29.0 Å². The average molecular weight is 930 g/mol. The van der Waals surface area contributed by atoms with Gasteiger partial charge in [-0.1, -0.05) is 43.3 Å². The highest BCUT2D eigenvalue weighted by Crippen LogP contribution is 2.70. The zero-order valence-corrected chi connectivity index (χ0v) is 37.8. The summed E-state index contributed by atoms with van der Waals surface area (Å²) in [4.78, 5) is 116. The maximum Gasteiger partial charge on any atom is 0.340 e. The molecule has 1 aromatic heterocycles. The first-order chi connectivity index (χ1) is 31.7. The van der Waals surface area contributed by atoms with Crippen LogP contribution in [0.2, 0.25) is 0 Å². The summed E-state index contributed by atoms with van der Waals surface area (Å²) < 4.78 is 56.5. The van der Waals surface area contributed by atoms with Gasteiger partial charge >= 0.3 is 47.8 Å². The second kappa shape index (κ2) is 18.5. The van der Waals surface area contributed by atoms with E-state index in [0.717, 1.165) is 34.6 Å². The largest absolute Gasteiger partial charge is 0.465 e. The van der Waals surface area contributed by atoms with Crippen molar-refractivity contribution in [2.75, 3.05) is 13.2 Å². The molecule has 1 N–H and O–H groups in total. The molecular weight excluding hydrogens is 879 g/mol. The molecule has 2 aliphatic heterocycles. The lowest BCUT2D eigenvalue weighted by Gasteiger charge is -2.67. The smallest absolute Gasteiger partial charge is 0.340 e. The van der Waals surface area contributed by atoms with Crippen LogP contribution in [0.4, 0.5) is 0 Å². The number of aryl methyl sites for hydroxylation is 1. The van der Waals surface area contributed by atoms with Crippen LogP contribution < -0.4 is 0 Å². The maximum atomic E-state index is 14.6. The van der Waals surface area contributed by atoms with Crippen LogP contribution in [0.15, 0.2) is 79.0 Å². The van der Waals surface area contributed by atoms with E-state index < -0.39 is 132 Å². The van der Waals surface area contributed by atoms with Gasteiger partial charge in [0.05, 0.1) is 34.2 Å². The van der Waals surface area contributed by atoms with Gasteiger partial charge in [0.1, 0.15) is 42.0 Å². The molecule has 4 aliphatic rings. The molecule has 1 spiro atoms. The lowest BCUT2D eigenvalue weighted by atomic mass is 9.45. The summed E-state index contributed by atoms with van der Waals surface area (Å²) >= 11 is 0. The van der Waals surface area contributed by atoms with Crippen LogP contribution >= 0.6 is 0 Å². The number of pyridine rings is 1. The van der Waals surface area contributed by atoms with E-state index in [1.54, 1.807) is 24.3 Å². The third-order valence-corrected chi connectivity index (χ3v) is 13.0. The second-order valence-corrected chi connectivity index (χ2v) is 17.6. The molecular formula is C48H51NO18. The van der Waals surface area contributed by atoms with Crippen LogP contribution in [0.5, 0.6) is 0 Å². The van der Waals surface area contributed by atoms with Crippen molar-refractivity contribution in [3.63, 3.8) is 0 Å². The SMILES string of the molecule is CC(=O)OCC12C(OC(C)=O)C(OC(C)=O)C3C(OC(=O)c4ccccc4)C14OC3(C)COC(=O)c1cccnc1CCC(C)C(=O)OC(C(OC(C)=O)C2OC(=O)c1ccccc1)C4(C)O. The molecule has 2 aromatic carbocycles. The van der Waals surface area contributed by atoms with Crippen LogP contribution in [-0.2, 0) is 73.0 Å². The highest BCUT2D eigenvalue weighted by molar-refractivity contribution is 5.91. The van der Waals surface area contributed by atoms with E-state index in [2.05, 4.69) is 4.98 Å². The molecule has 19 nitrogen and oxygen atoms in total. The van der Waals surface area contributed by atoms with Gasteiger partial charge in [-0.25, -0.2) is 14.4 Å². The standard InChI is InChI=1S/C48H51NO18/c1-25-20-21-33-32(19-14-22-49-33)44(57)60-23-45(6)34-35(61-27(3)51)39(63-29(5)53)47(24-59-26(2)50)40(66-43(56)31-17-12-9-13-18-31)36(62-28(4)52)38(65-41(25)54)46(7,58)48(47,67-45)37(34)64-42(55)30-15-10-8-11-16-30/h8-19,22,25,34-40,58H,20-21,23-24H2,1-7H3. The van der Waals surface area contributed by atoms with Gasteiger partial charge in [-0.2, -0.15) is 0 Å². The fraction of sp³-hybridized carbons (Fsp3) is 0.479. The Labute approximate surface area is 384 Å². The minimum Gasteiger partial charge on any atom is -0.465 e. The van der Waals surface area contributed by atoms with E-state index in [0.29, 0.717) is 0 Å². The van der Waals surface area contributed by atoms with E-state index in [9.17, 15) is 43.5 Å². The van der Waals surface area contributed by atoms with Crippen LogP contribution in [0.3, 0.4) is 0 Å². The van der Waals surface area contributed by atoms with Gasteiger partial charge in [0.25, 0.3) is 0 Å². The molecule has 12 unspecified atom stereocenters. The number of aromatic nitrogens is 1. The number of carbonyl (C=O) groups excluding carboxylic acids is 8. The predicted octanol–water partition coefficient (Wildman–Crippen LogP) is 3.45. The molecule has 356 valence electrons. The second-order valence-electron chi connectivity index (χ2n) is 17.6. The molecule has 2 saturated carbocycles. The van der Waals surface area contributed by atoms with Gasteiger partial charge in [-0.15, -0.1) is 0 Å². The lowest BCUT2D eigenvalue weighted by Crippen LogP contribution is -2.89. The number of aliphatic hydroxyl groups is 1. The Balaban J connectivity index is 1.64. The molecule has 2 aliphatic carbocycles. The number of esters is 8. The number of nitrogens with zero attached hydrogens (tertiary/aromatic N) is 1. The van der Waals surface area contributed by atoms with Crippen molar-refractivity contribution >= 4 is 47.8 Å². The third kappa shape index (κ3) is 8.50. The van der Waals surface area contributed by atoms with Crippen molar-refractivity contribution < 1.29 is 86.1 Å². The number of benzene rings is 2. The summed E-state index contributed by atoms with van der Waals surface area (Å²) in [6, 6.07) is 17.9. The molecule has 12 atom stereocenters. The van der Waals surface area contributed by atoms with E-state index in [4.69, 9.17) is 42.6 Å². The monoisotopic (exact) mass is 929 g/mol. The predicted molar refractivity (Wildman–Crippen MR) is 225 cm³/mol. The molecule has 7 rings (SSSR count). The summed E-state index contributed by atoms with van der Waals surface area (Å²) in [5.74, 6) is -10.9. The summed E-state index contributed by atoms with van der Waals surface area (Å²) in [5.41, 5.74) is -10.5. The quantitative estimate of drug-likeness (QED) is 0.238. The zero-order valence-electron chi connectivity index (χ0n) is 37.8. The first-order valence-electron chi connectivity index (χ1n) is 21.6. The van der Waals surface area contributed by atoms with Gasteiger partial charge in [0.15, 0.2) is 30.0 Å². The number of cyclic esters (lactones) is 1. The topological polar surface area (TPSA) is 253 Å². The number of hydrogen-bond acceptors (Lipinski definition) is 19. The molecule has 1 saturated heterocycles. The first-order valence-corrected chi connectivity index (χ1v) is 21.6.